The third kappa shape index (κ3) is 2.12. The summed E-state index contributed by atoms with van der Waals surface area (Å²) in [5.74, 6) is -1.20. The van der Waals surface area contributed by atoms with Crippen molar-refractivity contribution < 1.29 is 14.7 Å². The van der Waals surface area contributed by atoms with E-state index in [-0.39, 0.29) is 16.5 Å². The van der Waals surface area contributed by atoms with Gasteiger partial charge in [-0.15, -0.1) is 0 Å². The van der Waals surface area contributed by atoms with E-state index in [1.807, 2.05) is 0 Å². The number of carbonyl (C=O) groups is 2. The zero-order valence-electron chi connectivity index (χ0n) is 8.90. The van der Waals surface area contributed by atoms with Crippen LogP contribution in [0.4, 0.5) is 0 Å². The predicted molar refractivity (Wildman–Crippen MR) is 63.7 cm³/mol. The van der Waals surface area contributed by atoms with Gasteiger partial charge in [-0.3, -0.25) is 4.79 Å². The molecular weight excluding hydrogens is 242 g/mol. The monoisotopic (exact) mass is 249 g/mol. The normalized spacial score (nSPS) is 10.5. The van der Waals surface area contributed by atoms with E-state index in [0.717, 1.165) is 0 Å². The second-order valence-corrected chi connectivity index (χ2v) is 3.95. The molecule has 0 unspecified atom stereocenters. The maximum Gasteiger partial charge on any atom is 0.338 e. The molecule has 0 saturated heterocycles. The summed E-state index contributed by atoms with van der Waals surface area (Å²) in [6.07, 6.45) is 0. The molecule has 0 amide bonds. The van der Waals surface area contributed by atoms with Gasteiger partial charge >= 0.3 is 5.97 Å². The van der Waals surface area contributed by atoms with Crippen LogP contribution in [0.25, 0.3) is 10.9 Å². The van der Waals surface area contributed by atoms with Crippen molar-refractivity contribution in [2.45, 2.75) is 6.92 Å². The molecule has 2 aromatic rings. The van der Waals surface area contributed by atoms with Crippen molar-refractivity contribution in [3.63, 3.8) is 0 Å². The van der Waals surface area contributed by atoms with Gasteiger partial charge in [0, 0.05) is 10.9 Å². The van der Waals surface area contributed by atoms with Gasteiger partial charge in [-0.1, -0.05) is 23.7 Å². The number of rotatable bonds is 2. The van der Waals surface area contributed by atoms with Crippen molar-refractivity contribution in [3.8, 4) is 0 Å². The van der Waals surface area contributed by atoms with Gasteiger partial charge in [0.2, 0.25) is 0 Å². The number of benzene rings is 1. The van der Waals surface area contributed by atoms with Crippen LogP contribution in [-0.4, -0.2) is 21.8 Å². The van der Waals surface area contributed by atoms with Crippen LogP contribution in [0.3, 0.4) is 0 Å². The first-order valence-corrected chi connectivity index (χ1v) is 5.21. The summed E-state index contributed by atoms with van der Waals surface area (Å²) in [7, 11) is 0. The van der Waals surface area contributed by atoms with E-state index in [9.17, 15) is 9.59 Å². The average molecular weight is 250 g/mol. The van der Waals surface area contributed by atoms with Gasteiger partial charge in [0.25, 0.3) is 0 Å². The van der Waals surface area contributed by atoms with E-state index in [1.165, 1.54) is 13.0 Å². The summed E-state index contributed by atoms with van der Waals surface area (Å²) in [5.41, 5.74) is 0.978. The Bertz CT molecular complexity index is 637. The first-order valence-electron chi connectivity index (χ1n) is 4.83. The SMILES string of the molecule is CC(=O)c1ccc2cc(C(=O)O)c(Cl)nc2c1. The molecule has 1 N–H and O–H groups in total. The highest BCUT2D eigenvalue weighted by Gasteiger charge is 2.12. The fraction of sp³-hybridized carbons (Fsp3) is 0.0833. The quantitative estimate of drug-likeness (QED) is 0.656. The topological polar surface area (TPSA) is 67.3 Å². The smallest absolute Gasteiger partial charge is 0.338 e. The van der Waals surface area contributed by atoms with Gasteiger partial charge in [-0.25, -0.2) is 9.78 Å². The predicted octanol–water partition coefficient (Wildman–Crippen LogP) is 2.79. The van der Waals surface area contributed by atoms with Crippen LogP contribution in [0.5, 0.6) is 0 Å². The second kappa shape index (κ2) is 4.14. The zero-order chi connectivity index (χ0) is 12.6. The van der Waals surface area contributed by atoms with E-state index < -0.39 is 5.97 Å². The number of aromatic nitrogens is 1. The van der Waals surface area contributed by atoms with Crippen LogP contribution in [0.1, 0.15) is 27.6 Å². The molecule has 0 atom stereocenters. The molecule has 0 bridgehead atoms. The highest BCUT2D eigenvalue weighted by atomic mass is 35.5. The number of pyridine rings is 1. The number of ketones is 1. The lowest BCUT2D eigenvalue weighted by Crippen LogP contribution is -2.00. The lowest BCUT2D eigenvalue weighted by atomic mass is 10.1. The van der Waals surface area contributed by atoms with E-state index >= 15 is 0 Å². The molecule has 1 aromatic carbocycles. The molecular formula is C12H8ClNO3. The number of Topliss-reactive ketones (excluding diaryl/α,β-unsaturated/α-hetero) is 1. The highest BCUT2D eigenvalue weighted by molar-refractivity contribution is 6.32. The number of carboxylic acid groups (broad SMARTS) is 1. The molecule has 0 spiro atoms. The van der Waals surface area contributed by atoms with Gasteiger partial charge in [-0.05, 0) is 19.1 Å². The minimum Gasteiger partial charge on any atom is -0.478 e. The Morgan fingerprint density at radius 1 is 1.29 bits per heavy atom. The minimum atomic E-state index is -1.12. The van der Waals surface area contributed by atoms with Crippen molar-refractivity contribution in [3.05, 3.63) is 40.5 Å². The number of hydrogen-bond donors (Lipinski definition) is 1. The number of aromatic carboxylic acids is 1. The maximum absolute atomic E-state index is 11.2. The van der Waals surface area contributed by atoms with Crippen LogP contribution in [0.2, 0.25) is 5.15 Å². The molecule has 0 aliphatic carbocycles. The summed E-state index contributed by atoms with van der Waals surface area (Å²) in [6, 6.07) is 6.32. The molecule has 5 heteroatoms. The molecule has 2 rings (SSSR count). The second-order valence-electron chi connectivity index (χ2n) is 3.60. The lowest BCUT2D eigenvalue weighted by molar-refractivity contribution is 0.0696. The Labute approximate surface area is 102 Å². The van der Waals surface area contributed by atoms with Gasteiger partial charge < -0.3 is 5.11 Å². The Kier molecular flexibility index (Phi) is 2.81. The van der Waals surface area contributed by atoms with Crippen LogP contribution >= 0.6 is 11.6 Å². The Morgan fingerprint density at radius 2 is 2.00 bits per heavy atom. The third-order valence-corrected chi connectivity index (χ3v) is 2.70. The van der Waals surface area contributed by atoms with E-state index in [2.05, 4.69) is 4.98 Å². The third-order valence-electron chi connectivity index (χ3n) is 2.41. The molecule has 0 radical (unpaired) electrons. The summed E-state index contributed by atoms with van der Waals surface area (Å²) in [6.45, 7) is 1.45. The number of nitrogens with zero attached hydrogens (tertiary/aromatic N) is 1. The van der Waals surface area contributed by atoms with E-state index in [0.29, 0.717) is 16.5 Å². The summed E-state index contributed by atoms with van der Waals surface area (Å²) >= 11 is 5.75. The van der Waals surface area contributed by atoms with Gasteiger partial charge in [0.05, 0.1) is 11.1 Å². The summed E-state index contributed by atoms with van der Waals surface area (Å²) in [4.78, 5) is 26.0. The molecule has 4 nitrogen and oxygen atoms in total. The Balaban J connectivity index is 2.70. The average Bonchev–Trinajstić information content (AvgIpc) is 2.26. The van der Waals surface area contributed by atoms with Crippen LogP contribution in [-0.2, 0) is 0 Å². The van der Waals surface area contributed by atoms with Crippen molar-refractivity contribution in [1.29, 1.82) is 0 Å². The largest absolute Gasteiger partial charge is 0.478 e. The van der Waals surface area contributed by atoms with Crippen LogP contribution in [0, 0.1) is 0 Å². The van der Waals surface area contributed by atoms with Crippen molar-refractivity contribution in [2.75, 3.05) is 0 Å². The highest BCUT2D eigenvalue weighted by Crippen LogP contribution is 2.21. The number of carbonyl (C=O) groups excluding carboxylic acids is 1. The van der Waals surface area contributed by atoms with Crippen molar-refractivity contribution >= 4 is 34.3 Å². The minimum absolute atomic E-state index is 0.0465. The molecule has 0 fully saturated rings. The number of hydrogen-bond acceptors (Lipinski definition) is 3. The van der Waals surface area contributed by atoms with Crippen LogP contribution < -0.4 is 0 Å². The van der Waals surface area contributed by atoms with Crippen molar-refractivity contribution in [1.82, 2.24) is 4.98 Å². The molecule has 1 heterocycles. The lowest BCUT2D eigenvalue weighted by Gasteiger charge is -2.03. The van der Waals surface area contributed by atoms with Gasteiger partial charge in [-0.2, -0.15) is 0 Å². The van der Waals surface area contributed by atoms with E-state index in [1.54, 1.807) is 18.2 Å². The van der Waals surface area contributed by atoms with Gasteiger partial charge in [0.15, 0.2) is 5.78 Å². The number of carboxylic acids is 1. The van der Waals surface area contributed by atoms with Gasteiger partial charge in [0.1, 0.15) is 5.15 Å². The van der Waals surface area contributed by atoms with E-state index in [4.69, 9.17) is 16.7 Å². The zero-order valence-corrected chi connectivity index (χ0v) is 9.65. The fourth-order valence-electron chi connectivity index (χ4n) is 1.51. The number of halogens is 1. The molecule has 0 aliphatic rings. The summed E-state index contributed by atoms with van der Waals surface area (Å²) in [5, 5.41) is 9.45. The van der Waals surface area contributed by atoms with Crippen LogP contribution in [0.15, 0.2) is 24.3 Å². The fourth-order valence-corrected chi connectivity index (χ4v) is 1.74. The number of fused-ring (bicyclic) bond motifs is 1. The van der Waals surface area contributed by atoms with Crippen molar-refractivity contribution in [2.24, 2.45) is 0 Å². The first kappa shape index (κ1) is 11.5. The standard InChI is InChI=1S/C12H8ClNO3/c1-6(15)7-2-3-8-4-9(12(16)17)11(13)14-10(8)5-7/h2-5H,1H3,(H,16,17). The maximum atomic E-state index is 11.2. The molecule has 0 saturated carbocycles. The molecule has 17 heavy (non-hydrogen) atoms. The Hall–Kier alpha value is -1.94. The Morgan fingerprint density at radius 3 is 2.59 bits per heavy atom. The molecule has 1 aromatic heterocycles. The molecule has 0 aliphatic heterocycles. The first-order chi connectivity index (χ1) is 7.99. The molecule has 86 valence electrons. The summed E-state index contributed by atoms with van der Waals surface area (Å²) < 4.78 is 0.